The van der Waals surface area contributed by atoms with Gasteiger partial charge in [0.25, 0.3) is 5.60 Å². The number of amides is 1. The van der Waals surface area contributed by atoms with Gasteiger partial charge in [0.2, 0.25) is 5.91 Å². The molecule has 6 nitrogen and oxygen atoms in total. The summed E-state index contributed by atoms with van der Waals surface area (Å²) >= 11 is 0. The lowest BCUT2D eigenvalue weighted by Gasteiger charge is -2.32. The van der Waals surface area contributed by atoms with Crippen molar-refractivity contribution < 1.29 is 36.2 Å². The maximum Gasteiger partial charge on any atom is 0.430 e. The van der Waals surface area contributed by atoms with Gasteiger partial charge >= 0.3 is 12.4 Å². The van der Waals surface area contributed by atoms with Crippen molar-refractivity contribution in [1.29, 1.82) is 5.41 Å². The molecule has 1 aromatic carbocycles. The summed E-state index contributed by atoms with van der Waals surface area (Å²) < 4.78 is 77.5. The van der Waals surface area contributed by atoms with E-state index in [4.69, 9.17) is 11.1 Å². The number of benzene rings is 1. The molecule has 0 saturated heterocycles. The Morgan fingerprint density at radius 1 is 1.06 bits per heavy atom. The van der Waals surface area contributed by atoms with E-state index in [9.17, 15) is 36.2 Å². The maximum atomic E-state index is 12.9. The standard InChI is InChI=1S/C20H16F6N4O2/c21-19(22,23)18(32,20(24,25)26)14-2-4-15(5-3-14)30-17(31)6-1-12-11-29-8-7-16(12)13(9-27)10-28/h1-11,27,32H,28H2,(H,30,31)/b6-1+,13-10+,27-9?. The smallest absolute Gasteiger partial charge is 0.404 e. The fourth-order valence-electron chi connectivity index (χ4n) is 2.65. The number of anilines is 1. The van der Waals surface area contributed by atoms with E-state index in [0.29, 0.717) is 28.8 Å². The van der Waals surface area contributed by atoms with Crippen molar-refractivity contribution in [2.45, 2.75) is 18.0 Å². The quantitative estimate of drug-likeness (QED) is 0.298. The van der Waals surface area contributed by atoms with Crippen LogP contribution in [0.3, 0.4) is 0 Å². The van der Waals surface area contributed by atoms with E-state index in [1.54, 1.807) is 6.07 Å². The van der Waals surface area contributed by atoms with Gasteiger partial charge in [-0.1, -0.05) is 12.1 Å². The van der Waals surface area contributed by atoms with E-state index in [1.165, 1.54) is 24.7 Å². The Morgan fingerprint density at radius 2 is 1.66 bits per heavy atom. The van der Waals surface area contributed by atoms with Crippen LogP contribution in [0.15, 0.2) is 55.0 Å². The van der Waals surface area contributed by atoms with Crippen LogP contribution in [0.2, 0.25) is 0 Å². The summed E-state index contributed by atoms with van der Waals surface area (Å²) in [5, 5.41) is 19.0. The Morgan fingerprint density at radius 3 is 2.16 bits per heavy atom. The van der Waals surface area contributed by atoms with Gasteiger partial charge in [-0.3, -0.25) is 9.78 Å². The van der Waals surface area contributed by atoms with Crippen molar-refractivity contribution in [3.05, 3.63) is 71.7 Å². The molecule has 32 heavy (non-hydrogen) atoms. The molecule has 0 saturated carbocycles. The highest BCUT2D eigenvalue weighted by Crippen LogP contribution is 2.50. The van der Waals surface area contributed by atoms with Crippen LogP contribution in [0.25, 0.3) is 11.6 Å². The number of nitrogens with two attached hydrogens (primary N) is 1. The van der Waals surface area contributed by atoms with Gasteiger partial charge in [-0.25, -0.2) is 0 Å². The molecule has 0 radical (unpaired) electrons. The van der Waals surface area contributed by atoms with Gasteiger partial charge in [-0.2, -0.15) is 26.3 Å². The van der Waals surface area contributed by atoms with Gasteiger partial charge in [0.1, 0.15) is 0 Å². The Bertz CT molecular complexity index is 1030. The molecule has 1 aromatic heterocycles. The average Bonchev–Trinajstić information content (AvgIpc) is 2.72. The lowest BCUT2D eigenvalue weighted by Crippen LogP contribution is -2.53. The van der Waals surface area contributed by atoms with Crippen molar-refractivity contribution in [3.63, 3.8) is 0 Å². The molecular weight excluding hydrogens is 442 g/mol. The first-order valence-corrected chi connectivity index (χ1v) is 8.67. The number of nitrogens with one attached hydrogen (secondary N) is 2. The molecule has 0 aliphatic rings. The number of nitrogens with zero attached hydrogens (tertiary/aromatic N) is 1. The molecule has 2 rings (SSSR count). The molecule has 0 aliphatic heterocycles. The Labute approximate surface area is 177 Å². The lowest BCUT2D eigenvalue weighted by atomic mass is 9.92. The van der Waals surface area contributed by atoms with Gasteiger partial charge < -0.3 is 21.6 Å². The van der Waals surface area contributed by atoms with Crippen molar-refractivity contribution in [2.75, 3.05) is 5.32 Å². The summed E-state index contributed by atoms with van der Waals surface area (Å²) in [5.74, 6) is -0.748. The normalized spacial score (nSPS) is 13.3. The summed E-state index contributed by atoms with van der Waals surface area (Å²) in [5.41, 5.74) is 0.121. The number of rotatable bonds is 6. The number of aliphatic hydroxyl groups is 1. The van der Waals surface area contributed by atoms with Crippen LogP contribution in [-0.4, -0.2) is 34.6 Å². The molecule has 1 amide bonds. The zero-order valence-corrected chi connectivity index (χ0v) is 16.0. The molecule has 0 bridgehead atoms. The zero-order valence-electron chi connectivity index (χ0n) is 16.0. The second-order valence-corrected chi connectivity index (χ2v) is 6.34. The molecule has 1 heterocycles. The first-order chi connectivity index (χ1) is 14.8. The minimum Gasteiger partial charge on any atom is -0.404 e. The number of halogens is 6. The van der Waals surface area contributed by atoms with E-state index in [-0.39, 0.29) is 5.69 Å². The molecule has 0 fully saturated rings. The van der Waals surface area contributed by atoms with Gasteiger partial charge in [0.15, 0.2) is 0 Å². The van der Waals surface area contributed by atoms with Crippen LogP contribution >= 0.6 is 0 Å². The van der Waals surface area contributed by atoms with E-state index < -0.39 is 29.4 Å². The highest BCUT2D eigenvalue weighted by Gasteiger charge is 2.71. The number of carbonyl (C=O) groups is 1. The summed E-state index contributed by atoms with van der Waals surface area (Å²) in [6.07, 6.45) is -4.59. The zero-order chi connectivity index (χ0) is 24.2. The third kappa shape index (κ3) is 4.97. The molecule has 0 atom stereocenters. The average molecular weight is 458 g/mol. The SMILES string of the molecule is N=C/C(=C\N)c1ccncc1/C=C/C(=O)Nc1ccc(C(O)(C(F)(F)F)C(F)(F)F)cc1. The molecule has 0 spiro atoms. The summed E-state index contributed by atoms with van der Waals surface area (Å²) in [6.45, 7) is 0. The molecule has 170 valence electrons. The summed E-state index contributed by atoms with van der Waals surface area (Å²) in [4.78, 5) is 16.0. The largest absolute Gasteiger partial charge is 0.430 e. The first-order valence-electron chi connectivity index (χ1n) is 8.67. The number of hydrogen-bond acceptors (Lipinski definition) is 5. The Kier molecular flexibility index (Phi) is 7.09. The fraction of sp³-hybridized carbons (Fsp3) is 0.150. The maximum absolute atomic E-state index is 12.9. The monoisotopic (exact) mass is 458 g/mol. The van der Waals surface area contributed by atoms with Crippen molar-refractivity contribution in [3.8, 4) is 0 Å². The van der Waals surface area contributed by atoms with E-state index in [0.717, 1.165) is 24.4 Å². The van der Waals surface area contributed by atoms with Gasteiger partial charge in [0.05, 0.1) is 0 Å². The molecule has 2 aromatic rings. The van der Waals surface area contributed by atoms with Crippen LogP contribution < -0.4 is 11.1 Å². The molecular formula is C20H16F6N4O2. The highest BCUT2D eigenvalue weighted by molar-refractivity contribution is 6.10. The summed E-state index contributed by atoms with van der Waals surface area (Å²) in [7, 11) is 0. The minimum atomic E-state index is -6.01. The predicted molar refractivity (Wildman–Crippen MR) is 105 cm³/mol. The predicted octanol–water partition coefficient (Wildman–Crippen LogP) is 3.99. The van der Waals surface area contributed by atoms with Crippen LogP contribution in [0.4, 0.5) is 32.0 Å². The Balaban J connectivity index is 2.22. The first kappa shape index (κ1) is 24.6. The minimum absolute atomic E-state index is 0.108. The van der Waals surface area contributed by atoms with Crippen molar-refractivity contribution in [2.24, 2.45) is 5.73 Å². The third-order valence-electron chi connectivity index (χ3n) is 4.30. The fourth-order valence-corrected chi connectivity index (χ4v) is 2.65. The number of hydrogen-bond donors (Lipinski definition) is 4. The molecule has 12 heteroatoms. The van der Waals surface area contributed by atoms with Crippen LogP contribution in [0.1, 0.15) is 16.7 Å². The van der Waals surface area contributed by atoms with Crippen molar-refractivity contribution >= 4 is 29.5 Å². The number of carbonyl (C=O) groups excluding carboxylic acids is 1. The molecule has 0 unspecified atom stereocenters. The van der Waals surface area contributed by atoms with Crippen LogP contribution in [0.5, 0.6) is 0 Å². The van der Waals surface area contributed by atoms with E-state index in [2.05, 4.69) is 10.3 Å². The summed E-state index contributed by atoms with van der Waals surface area (Å²) in [6, 6.07) is 3.99. The second kappa shape index (κ2) is 9.22. The molecule has 5 N–H and O–H groups in total. The second-order valence-electron chi connectivity index (χ2n) is 6.34. The number of aromatic nitrogens is 1. The van der Waals surface area contributed by atoms with Gasteiger partial charge in [0, 0.05) is 53.3 Å². The van der Waals surface area contributed by atoms with Gasteiger partial charge in [-0.15, -0.1) is 0 Å². The van der Waals surface area contributed by atoms with Crippen LogP contribution in [0, 0.1) is 5.41 Å². The Hall–Kier alpha value is -3.67. The third-order valence-corrected chi connectivity index (χ3v) is 4.30. The van der Waals surface area contributed by atoms with E-state index in [1.807, 2.05) is 0 Å². The number of allylic oxidation sites excluding steroid dienone is 1. The highest BCUT2D eigenvalue weighted by atomic mass is 19.4. The van der Waals surface area contributed by atoms with Crippen molar-refractivity contribution in [1.82, 2.24) is 4.98 Å². The topological polar surface area (TPSA) is 112 Å². The van der Waals surface area contributed by atoms with Gasteiger partial charge in [-0.05, 0) is 29.8 Å². The van der Waals surface area contributed by atoms with Crippen LogP contribution in [-0.2, 0) is 10.4 Å². The lowest BCUT2D eigenvalue weighted by molar-refractivity contribution is -0.376. The number of pyridine rings is 1. The number of alkyl halides is 6. The van der Waals surface area contributed by atoms with E-state index >= 15 is 0 Å². The molecule has 0 aliphatic carbocycles.